The zero-order chi connectivity index (χ0) is 24.0. The number of nitrogens with one attached hydrogen (secondary N) is 1. The molecule has 2 aromatic heterocycles. The van der Waals surface area contributed by atoms with Crippen LogP contribution in [-0.2, 0) is 22.2 Å². The van der Waals surface area contributed by atoms with Crippen LogP contribution < -0.4 is 14.8 Å². The highest BCUT2D eigenvalue weighted by Crippen LogP contribution is 2.31. The lowest BCUT2D eigenvalue weighted by atomic mass is 10.2. The normalized spacial score (nSPS) is 11.1. The number of anilines is 1. The number of ether oxygens (including phenoxy) is 2. The zero-order valence-corrected chi connectivity index (χ0v) is 19.1. The molecule has 8 nitrogen and oxygen atoms in total. The van der Waals surface area contributed by atoms with Gasteiger partial charge in [0.25, 0.3) is 5.91 Å². The molecule has 0 aliphatic rings. The molecule has 0 unspecified atom stereocenters. The highest BCUT2D eigenvalue weighted by Gasteiger charge is 2.23. The fourth-order valence-corrected chi connectivity index (χ4v) is 4.64. The first-order chi connectivity index (χ1) is 16.5. The van der Waals surface area contributed by atoms with Gasteiger partial charge in [0.15, 0.2) is 27.1 Å². The number of rotatable bonds is 9. The van der Waals surface area contributed by atoms with E-state index in [1.165, 1.54) is 31.6 Å². The summed E-state index contributed by atoms with van der Waals surface area (Å²) < 4.78 is 42.0. The van der Waals surface area contributed by atoms with Crippen molar-refractivity contribution >= 4 is 21.4 Å². The number of nitrogens with zero attached hydrogens (tertiary/aromatic N) is 1. The van der Waals surface area contributed by atoms with E-state index in [-0.39, 0.29) is 28.6 Å². The average Bonchev–Trinajstić information content (AvgIpc) is 3.31. The van der Waals surface area contributed by atoms with Crippen LogP contribution in [0.15, 0.2) is 94.7 Å². The molecule has 0 atom stereocenters. The Morgan fingerprint density at radius 2 is 1.85 bits per heavy atom. The first kappa shape index (κ1) is 23.1. The molecular weight excluding hydrogens is 456 g/mol. The van der Waals surface area contributed by atoms with Gasteiger partial charge in [-0.25, -0.2) is 8.42 Å². The van der Waals surface area contributed by atoms with Crippen molar-refractivity contribution in [1.82, 2.24) is 4.98 Å². The van der Waals surface area contributed by atoms with Crippen LogP contribution in [0.4, 0.5) is 5.69 Å². The highest BCUT2D eigenvalue weighted by molar-refractivity contribution is 7.90. The molecule has 34 heavy (non-hydrogen) atoms. The number of aromatic nitrogens is 1. The van der Waals surface area contributed by atoms with Crippen molar-refractivity contribution in [3.05, 3.63) is 102 Å². The maximum Gasteiger partial charge on any atom is 0.291 e. The van der Waals surface area contributed by atoms with Crippen molar-refractivity contribution in [1.29, 1.82) is 0 Å². The Balaban J connectivity index is 1.50. The minimum Gasteiger partial charge on any atom is -0.493 e. The lowest BCUT2D eigenvalue weighted by Gasteiger charge is -2.13. The molecular formula is C25H22N2O6S. The fourth-order valence-electron chi connectivity index (χ4n) is 3.26. The summed E-state index contributed by atoms with van der Waals surface area (Å²) in [6.07, 6.45) is 4.66. The van der Waals surface area contributed by atoms with Gasteiger partial charge in [0.05, 0.1) is 24.0 Å². The monoisotopic (exact) mass is 478 g/mol. The molecule has 0 fully saturated rings. The van der Waals surface area contributed by atoms with E-state index >= 15 is 0 Å². The summed E-state index contributed by atoms with van der Waals surface area (Å²) in [5.74, 6) is -0.0944. The fraction of sp³-hybridized carbons (Fsp3) is 0.120. The number of furan rings is 1. The van der Waals surface area contributed by atoms with Gasteiger partial charge in [-0.15, -0.1) is 0 Å². The molecule has 0 radical (unpaired) electrons. The zero-order valence-electron chi connectivity index (χ0n) is 18.3. The number of hydrogen-bond donors (Lipinski definition) is 1. The van der Waals surface area contributed by atoms with Gasteiger partial charge in [-0.1, -0.05) is 24.3 Å². The molecule has 1 amide bonds. The third-order valence-electron chi connectivity index (χ3n) is 4.94. The van der Waals surface area contributed by atoms with E-state index in [4.69, 9.17) is 13.9 Å². The Hall–Kier alpha value is -4.11. The van der Waals surface area contributed by atoms with E-state index in [0.29, 0.717) is 17.2 Å². The van der Waals surface area contributed by atoms with E-state index < -0.39 is 15.7 Å². The quantitative estimate of drug-likeness (QED) is 0.378. The summed E-state index contributed by atoms with van der Waals surface area (Å²) in [6.45, 7) is 0.265. The molecule has 0 bridgehead atoms. The van der Waals surface area contributed by atoms with Gasteiger partial charge in [0.1, 0.15) is 6.61 Å². The number of amides is 1. The molecule has 1 N–H and O–H groups in total. The molecule has 4 aromatic rings. The maximum atomic E-state index is 12.9. The van der Waals surface area contributed by atoms with E-state index in [9.17, 15) is 13.2 Å². The second-order valence-corrected chi connectivity index (χ2v) is 9.31. The minimum atomic E-state index is -3.64. The number of carbonyl (C=O) groups is 1. The Labute approximate surface area is 197 Å². The van der Waals surface area contributed by atoms with Crippen LogP contribution in [0.25, 0.3) is 0 Å². The molecule has 174 valence electrons. The van der Waals surface area contributed by atoms with E-state index in [1.807, 2.05) is 12.1 Å². The van der Waals surface area contributed by atoms with Crippen molar-refractivity contribution in [3.8, 4) is 11.5 Å². The Morgan fingerprint density at radius 1 is 1.03 bits per heavy atom. The SMILES string of the molecule is COc1ccc(NC(=O)c2occc2CS(=O)(=O)c2ccccc2)cc1OCc1cccnc1. The van der Waals surface area contributed by atoms with Crippen LogP contribution in [0.1, 0.15) is 21.7 Å². The maximum absolute atomic E-state index is 12.9. The molecule has 2 heterocycles. The van der Waals surface area contributed by atoms with Gasteiger partial charge in [-0.2, -0.15) is 0 Å². The first-order valence-electron chi connectivity index (χ1n) is 10.3. The topological polar surface area (TPSA) is 108 Å². The predicted octanol–water partition coefficient (Wildman–Crippen LogP) is 4.49. The molecule has 0 saturated heterocycles. The number of pyridine rings is 1. The lowest BCUT2D eigenvalue weighted by Crippen LogP contribution is -2.15. The van der Waals surface area contributed by atoms with Gasteiger partial charge < -0.3 is 19.2 Å². The average molecular weight is 479 g/mol. The van der Waals surface area contributed by atoms with Crippen LogP contribution in [0.3, 0.4) is 0 Å². The van der Waals surface area contributed by atoms with Crippen molar-refractivity contribution in [2.24, 2.45) is 0 Å². The number of benzene rings is 2. The van der Waals surface area contributed by atoms with E-state index in [2.05, 4.69) is 10.3 Å². The molecule has 9 heteroatoms. The van der Waals surface area contributed by atoms with Crippen molar-refractivity contribution in [2.45, 2.75) is 17.3 Å². The van der Waals surface area contributed by atoms with Crippen LogP contribution in [0.2, 0.25) is 0 Å². The summed E-state index contributed by atoms with van der Waals surface area (Å²) in [4.78, 5) is 17.1. The van der Waals surface area contributed by atoms with Gasteiger partial charge >= 0.3 is 0 Å². The lowest BCUT2D eigenvalue weighted by molar-refractivity contribution is 0.0995. The summed E-state index contributed by atoms with van der Waals surface area (Å²) in [5.41, 5.74) is 1.57. The third kappa shape index (κ3) is 5.44. The Bertz CT molecular complexity index is 1370. The van der Waals surface area contributed by atoms with Crippen LogP contribution in [0, 0.1) is 0 Å². The molecule has 0 spiro atoms. The van der Waals surface area contributed by atoms with Crippen LogP contribution in [-0.4, -0.2) is 26.4 Å². The second kappa shape index (κ2) is 10.2. The minimum absolute atomic E-state index is 0.0758. The number of sulfone groups is 1. The predicted molar refractivity (Wildman–Crippen MR) is 126 cm³/mol. The van der Waals surface area contributed by atoms with Crippen molar-refractivity contribution in [3.63, 3.8) is 0 Å². The smallest absolute Gasteiger partial charge is 0.291 e. The summed E-state index contributed by atoms with van der Waals surface area (Å²) in [5, 5.41) is 2.72. The van der Waals surface area contributed by atoms with Gasteiger partial charge in [0.2, 0.25) is 0 Å². The number of methoxy groups -OCH3 is 1. The van der Waals surface area contributed by atoms with Gasteiger partial charge in [-0.05, 0) is 36.4 Å². The van der Waals surface area contributed by atoms with Gasteiger partial charge in [0, 0.05) is 35.3 Å². The van der Waals surface area contributed by atoms with Crippen LogP contribution >= 0.6 is 0 Å². The third-order valence-corrected chi connectivity index (χ3v) is 6.62. The summed E-state index contributed by atoms with van der Waals surface area (Å²) in [6, 6.07) is 18.2. The van der Waals surface area contributed by atoms with E-state index in [0.717, 1.165) is 5.56 Å². The highest BCUT2D eigenvalue weighted by atomic mass is 32.2. The second-order valence-electron chi connectivity index (χ2n) is 7.32. The Morgan fingerprint density at radius 3 is 2.59 bits per heavy atom. The Kier molecular flexibility index (Phi) is 6.93. The summed E-state index contributed by atoms with van der Waals surface area (Å²) in [7, 11) is -2.12. The van der Waals surface area contributed by atoms with Crippen LogP contribution in [0.5, 0.6) is 11.5 Å². The molecule has 2 aromatic carbocycles. The number of carbonyl (C=O) groups excluding carboxylic acids is 1. The van der Waals surface area contributed by atoms with Crippen molar-refractivity contribution < 1.29 is 27.1 Å². The summed E-state index contributed by atoms with van der Waals surface area (Å²) >= 11 is 0. The van der Waals surface area contributed by atoms with E-state index in [1.54, 1.807) is 48.8 Å². The number of hydrogen-bond acceptors (Lipinski definition) is 7. The molecule has 0 aliphatic carbocycles. The molecule has 0 aliphatic heterocycles. The molecule has 4 rings (SSSR count). The molecule has 0 saturated carbocycles. The largest absolute Gasteiger partial charge is 0.493 e. The van der Waals surface area contributed by atoms with Crippen molar-refractivity contribution in [2.75, 3.05) is 12.4 Å². The van der Waals surface area contributed by atoms with Gasteiger partial charge in [-0.3, -0.25) is 9.78 Å². The first-order valence-corrected chi connectivity index (χ1v) is 12.0. The standard InChI is InChI=1S/C25H22N2O6S/c1-31-22-10-9-20(14-23(22)33-16-18-6-5-12-26-15-18)27-25(28)24-19(11-13-32-24)17-34(29,30)21-7-3-2-4-8-21/h2-15H,16-17H2,1H3,(H,27,28).